The lowest BCUT2D eigenvalue weighted by molar-refractivity contribution is -0.154. The molecule has 0 bridgehead atoms. The van der Waals surface area contributed by atoms with Gasteiger partial charge in [-0.3, -0.25) is 4.79 Å². The summed E-state index contributed by atoms with van der Waals surface area (Å²) in [5.41, 5.74) is 0. The van der Waals surface area contributed by atoms with Gasteiger partial charge in [-0.2, -0.15) is 0 Å². The molecule has 1 rings (SSSR count). The number of esters is 1. The largest absolute Gasteiger partial charge is 0.450 e. The lowest BCUT2D eigenvalue weighted by Crippen LogP contribution is -2.44. The Morgan fingerprint density at radius 3 is 2.14 bits per heavy atom. The van der Waals surface area contributed by atoms with Crippen molar-refractivity contribution in [2.45, 2.75) is 82.7 Å². The van der Waals surface area contributed by atoms with Gasteiger partial charge in [0, 0.05) is 0 Å². The van der Waals surface area contributed by atoms with Crippen LogP contribution in [0.5, 0.6) is 0 Å². The zero-order valence-electron chi connectivity index (χ0n) is 12.5. The fourth-order valence-electron chi connectivity index (χ4n) is 2.47. The number of hydrogen-bond donors (Lipinski definition) is 3. The van der Waals surface area contributed by atoms with Crippen molar-refractivity contribution in [3.8, 4) is 0 Å². The predicted octanol–water partition coefficient (Wildman–Crippen LogP) is 0.704. The van der Waals surface area contributed by atoms with Gasteiger partial charge in [0.15, 0.2) is 12.2 Å². The zero-order chi connectivity index (χ0) is 15.8. The first kappa shape index (κ1) is 18.1. The molecule has 3 N–H and O–H groups in total. The fourth-order valence-corrected chi connectivity index (χ4v) is 2.47. The van der Waals surface area contributed by atoms with Crippen LogP contribution in [0.4, 0.5) is 0 Å². The number of hydrogen-bond acceptors (Lipinski definition) is 6. The van der Waals surface area contributed by atoms with Crippen molar-refractivity contribution in [3.05, 3.63) is 0 Å². The number of ether oxygens (including phenoxy) is 1. The molecule has 0 aromatic heterocycles. The quantitative estimate of drug-likeness (QED) is 0.312. The average molecular weight is 302 g/mol. The molecule has 21 heavy (non-hydrogen) atoms. The van der Waals surface area contributed by atoms with E-state index < -0.39 is 36.2 Å². The third-order valence-corrected chi connectivity index (χ3v) is 3.86. The molecule has 1 aliphatic rings. The van der Waals surface area contributed by atoms with E-state index in [0.717, 1.165) is 19.3 Å². The van der Waals surface area contributed by atoms with Gasteiger partial charge in [0.1, 0.15) is 6.10 Å². The van der Waals surface area contributed by atoms with Crippen LogP contribution in [0.25, 0.3) is 0 Å². The number of ketones is 1. The van der Waals surface area contributed by atoms with Crippen molar-refractivity contribution in [2.24, 2.45) is 0 Å². The van der Waals surface area contributed by atoms with E-state index in [-0.39, 0.29) is 0 Å². The second-order valence-corrected chi connectivity index (χ2v) is 5.65. The number of Topliss-reactive ketones (excluding diaryl/α,β-unsaturated/α-hetero) is 1. The van der Waals surface area contributed by atoms with Gasteiger partial charge in [-0.15, -0.1) is 0 Å². The molecule has 0 spiro atoms. The normalized spacial score (nSPS) is 25.0. The van der Waals surface area contributed by atoms with E-state index in [2.05, 4.69) is 11.7 Å². The minimum Gasteiger partial charge on any atom is -0.450 e. The van der Waals surface area contributed by atoms with Crippen molar-refractivity contribution < 1.29 is 29.6 Å². The Morgan fingerprint density at radius 1 is 1.05 bits per heavy atom. The van der Waals surface area contributed by atoms with Crippen LogP contribution in [0.3, 0.4) is 0 Å². The maximum Gasteiger partial charge on any atom is 0.378 e. The second kappa shape index (κ2) is 9.12. The Hall–Kier alpha value is -0.980. The second-order valence-electron chi connectivity index (χ2n) is 5.65. The van der Waals surface area contributed by atoms with Crippen molar-refractivity contribution in [1.29, 1.82) is 0 Å². The van der Waals surface area contributed by atoms with Crippen LogP contribution in [0.15, 0.2) is 0 Å². The number of aliphatic hydroxyl groups is 3. The molecule has 1 saturated heterocycles. The van der Waals surface area contributed by atoms with Crippen LogP contribution in [0, 0.1) is 0 Å². The van der Waals surface area contributed by atoms with Crippen LogP contribution in [0.2, 0.25) is 0 Å². The molecule has 4 atom stereocenters. The van der Waals surface area contributed by atoms with Crippen molar-refractivity contribution >= 4 is 11.8 Å². The first-order chi connectivity index (χ1) is 9.99. The molecular weight excluding hydrogens is 276 g/mol. The molecule has 0 amide bonds. The van der Waals surface area contributed by atoms with Crippen molar-refractivity contribution in [1.82, 2.24) is 0 Å². The summed E-state index contributed by atoms with van der Waals surface area (Å²) in [5, 5.41) is 29.2. The van der Waals surface area contributed by atoms with E-state index in [4.69, 9.17) is 0 Å². The summed E-state index contributed by atoms with van der Waals surface area (Å²) in [6.07, 6.45) is 2.37. The topological polar surface area (TPSA) is 104 Å². The molecule has 0 aromatic rings. The first-order valence-electron chi connectivity index (χ1n) is 7.78. The smallest absolute Gasteiger partial charge is 0.378 e. The average Bonchev–Trinajstić information content (AvgIpc) is 2.73. The van der Waals surface area contributed by atoms with Gasteiger partial charge < -0.3 is 20.1 Å². The summed E-state index contributed by atoms with van der Waals surface area (Å²) in [6.45, 7) is 2.16. The van der Waals surface area contributed by atoms with E-state index in [1.165, 1.54) is 25.7 Å². The van der Waals surface area contributed by atoms with Crippen LogP contribution < -0.4 is 0 Å². The fraction of sp³-hybridized carbons (Fsp3) is 0.867. The molecule has 0 aromatic carbocycles. The van der Waals surface area contributed by atoms with E-state index in [1.807, 2.05) is 0 Å². The summed E-state index contributed by atoms with van der Waals surface area (Å²) in [4.78, 5) is 22.1. The Labute approximate surface area is 125 Å². The number of aliphatic hydroxyl groups excluding tert-OH is 3. The highest BCUT2D eigenvalue weighted by Crippen LogP contribution is 2.20. The molecule has 6 heteroatoms. The highest BCUT2D eigenvalue weighted by Gasteiger charge is 2.47. The third-order valence-electron chi connectivity index (χ3n) is 3.86. The molecule has 2 unspecified atom stereocenters. The molecule has 1 aliphatic heterocycles. The van der Waals surface area contributed by atoms with Gasteiger partial charge in [-0.25, -0.2) is 4.79 Å². The Balaban J connectivity index is 2.21. The highest BCUT2D eigenvalue weighted by molar-refractivity contribution is 6.37. The third kappa shape index (κ3) is 5.37. The van der Waals surface area contributed by atoms with Gasteiger partial charge in [0.2, 0.25) is 0 Å². The molecule has 0 aliphatic carbocycles. The van der Waals surface area contributed by atoms with Crippen LogP contribution in [-0.4, -0.2) is 51.5 Å². The lowest BCUT2D eigenvalue weighted by Gasteiger charge is -2.23. The van der Waals surface area contributed by atoms with Crippen LogP contribution in [0.1, 0.15) is 58.3 Å². The number of cyclic esters (lactones) is 1. The van der Waals surface area contributed by atoms with Gasteiger partial charge in [-0.05, 0) is 6.42 Å². The van der Waals surface area contributed by atoms with Gasteiger partial charge in [-0.1, -0.05) is 51.9 Å². The molecule has 0 radical (unpaired) electrons. The maximum atomic E-state index is 11.1. The van der Waals surface area contributed by atoms with E-state index in [0.29, 0.717) is 6.42 Å². The molecule has 122 valence electrons. The SMILES string of the molecule is CCCCCCCCCC(O)[C@H](O)[C@H]1OC(=O)C(=O)C1O. The summed E-state index contributed by atoms with van der Waals surface area (Å²) in [7, 11) is 0. The Bertz CT molecular complexity index is 343. The summed E-state index contributed by atoms with van der Waals surface area (Å²) < 4.78 is 4.59. The van der Waals surface area contributed by atoms with Crippen molar-refractivity contribution in [2.75, 3.05) is 0 Å². The van der Waals surface area contributed by atoms with Crippen LogP contribution in [-0.2, 0) is 14.3 Å². The molecule has 1 fully saturated rings. The monoisotopic (exact) mass is 302 g/mol. The minimum atomic E-state index is -1.68. The summed E-state index contributed by atoms with van der Waals surface area (Å²) in [6, 6.07) is 0. The van der Waals surface area contributed by atoms with E-state index in [9.17, 15) is 24.9 Å². The molecule has 1 heterocycles. The summed E-state index contributed by atoms with van der Waals surface area (Å²) in [5.74, 6) is -2.23. The zero-order valence-corrected chi connectivity index (χ0v) is 12.5. The standard InChI is InChI=1S/C15H26O6/c1-2-3-4-5-6-7-8-9-10(16)11(17)14-12(18)13(19)15(20)21-14/h10-12,14,16-18H,2-9H2,1H3/t10?,11-,12?,14+/m0/s1. The predicted molar refractivity (Wildman–Crippen MR) is 75.5 cm³/mol. The maximum absolute atomic E-state index is 11.1. The Morgan fingerprint density at radius 2 is 1.62 bits per heavy atom. The first-order valence-corrected chi connectivity index (χ1v) is 7.78. The van der Waals surface area contributed by atoms with Gasteiger partial charge >= 0.3 is 5.97 Å². The molecule has 0 saturated carbocycles. The molecule has 6 nitrogen and oxygen atoms in total. The van der Waals surface area contributed by atoms with Gasteiger partial charge in [0.25, 0.3) is 5.78 Å². The van der Waals surface area contributed by atoms with E-state index >= 15 is 0 Å². The number of carbonyl (C=O) groups is 2. The van der Waals surface area contributed by atoms with E-state index in [1.54, 1.807) is 0 Å². The number of carbonyl (C=O) groups excluding carboxylic acids is 2. The number of rotatable bonds is 10. The summed E-state index contributed by atoms with van der Waals surface area (Å²) >= 11 is 0. The molecular formula is C15H26O6. The van der Waals surface area contributed by atoms with Gasteiger partial charge in [0.05, 0.1) is 6.10 Å². The van der Waals surface area contributed by atoms with Crippen LogP contribution >= 0.6 is 0 Å². The Kier molecular flexibility index (Phi) is 7.85. The number of unbranched alkanes of at least 4 members (excludes halogenated alkanes) is 6. The lowest BCUT2D eigenvalue weighted by atomic mass is 9.98. The minimum absolute atomic E-state index is 0.351. The highest BCUT2D eigenvalue weighted by atomic mass is 16.6. The van der Waals surface area contributed by atoms with Crippen molar-refractivity contribution in [3.63, 3.8) is 0 Å².